The number of carbonyl (C=O) groups is 2. The van der Waals surface area contributed by atoms with Crippen LogP contribution in [0.15, 0.2) is 24.3 Å². The summed E-state index contributed by atoms with van der Waals surface area (Å²) in [4.78, 5) is 24.5. The van der Waals surface area contributed by atoms with E-state index < -0.39 is 0 Å². The first kappa shape index (κ1) is 20.2. The molecule has 0 unspecified atom stereocenters. The van der Waals surface area contributed by atoms with Crippen molar-refractivity contribution in [3.63, 3.8) is 0 Å². The minimum Gasteiger partial charge on any atom is -0.484 e. The van der Waals surface area contributed by atoms with Gasteiger partial charge in [-0.3, -0.25) is 9.59 Å². The molecule has 0 aliphatic rings. The van der Waals surface area contributed by atoms with Crippen LogP contribution >= 0.6 is 12.4 Å². The van der Waals surface area contributed by atoms with Crippen molar-refractivity contribution in [2.75, 3.05) is 34.3 Å². The summed E-state index contributed by atoms with van der Waals surface area (Å²) in [5, 5.41) is 5.76. The Morgan fingerprint density at radius 2 is 2.00 bits per heavy atom. The summed E-state index contributed by atoms with van der Waals surface area (Å²) < 4.78 is 5.43. The molecule has 0 aliphatic heterocycles. The van der Waals surface area contributed by atoms with Crippen molar-refractivity contribution < 1.29 is 14.3 Å². The van der Waals surface area contributed by atoms with E-state index in [1.807, 2.05) is 25.2 Å². The number of hydrogen-bond acceptors (Lipinski definition) is 4. The predicted octanol–water partition coefficient (Wildman–Crippen LogP) is 0.801. The molecule has 0 saturated heterocycles. The lowest BCUT2D eigenvalue weighted by Crippen LogP contribution is -2.27. The van der Waals surface area contributed by atoms with Gasteiger partial charge in [-0.05, 0) is 24.7 Å². The summed E-state index contributed by atoms with van der Waals surface area (Å²) in [5.41, 5.74) is 0.933. The average molecular weight is 330 g/mol. The minimum atomic E-state index is -0.0965. The third-order valence-corrected chi connectivity index (χ3v) is 2.85. The third kappa shape index (κ3) is 7.85. The zero-order valence-corrected chi connectivity index (χ0v) is 14.0. The van der Waals surface area contributed by atoms with Gasteiger partial charge in [0.05, 0.1) is 0 Å². The molecule has 0 fully saturated rings. The molecular weight excluding hydrogens is 306 g/mol. The second-order valence-electron chi connectivity index (χ2n) is 4.85. The summed E-state index contributed by atoms with van der Waals surface area (Å²) in [6.07, 6.45) is 0.448. The van der Waals surface area contributed by atoms with Crippen molar-refractivity contribution in [1.29, 1.82) is 0 Å². The molecule has 7 heteroatoms. The van der Waals surface area contributed by atoms with Crippen LogP contribution in [0.4, 0.5) is 0 Å². The van der Waals surface area contributed by atoms with Gasteiger partial charge in [0, 0.05) is 33.6 Å². The molecule has 0 spiro atoms. The summed E-state index contributed by atoms with van der Waals surface area (Å²) in [5.74, 6) is 0.520. The van der Waals surface area contributed by atoms with Crippen molar-refractivity contribution in [3.8, 4) is 5.75 Å². The zero-order chi connectivity index (χ0) is 15.7. The maximum absolute atomic E-state index is 11.5. The van der Waals surface area contributed by atoms with Crippen molar-refractivity contribution in [2.45, 2.75) is 13.0 Å². The van der Waals surface area contributed by atoms with E-state index in [1.54, 1.807) is 20.2 Å². The first-order chi connectivity index (χ1) is 10.0. The molecule has 0 saturated carbocycles. The smallest absolute Gasteiger partial charge is 0.259 e. The standard InChI is InChI=1S/C15H23N3O3.ClH/c1-16-8-7-14(19)17-10-12-5-4-6-13(9-12)21-11-15(20)18(2)3;/h4-6,9,16H,7-8,10-11H2,1-3H3,(H,17,19);1H. The van der Waals surface area contributed by atoms with E-state index in [9.17, 15) is 9.59 Å². The van der Waals surface area contributed by atoms with E-state index >= 15 is 0 Å². The van der Waals surface area contributed by atoms with Crippen molar-refractivity contribution in [2.24, 2.45) is 0 Å². The number of amides is 2. The first-order valence-corrected chi connectivity index (χ1v) is 6.86. The number of rotatable bonds is 8. The quantitative estimate of drug-likeness (QED) is 0.740. The van der Waals surface area contributed by atoms with Gasteiger partial charge in [-0.25, -0.2) is 0 Å². The topological polar surface area (TPSA) is 70.7 Å². The van der Waals surface area contributed by atoms with Gasteiger partial charge >= 0.3 is 0 Å². The number of ether oxygens (including phenoxy) is 1. The van der Waals surface area contributed by atoms with Crippen LogP contribution in [0.25, 0.3) is 0 Å². The lowest BCUT2D eigenvalue weighted by molar-refractivity contribution is -0.130. The highest BCUT2D eigenvalue weighted by Crippen LogP contribution is 2.13. The Kier molecular flexibility index (Phi) is 9.98. The van der Waals surface area contributed by atoms with Crippen molar-refractivity contribution in [1.82, 2.24) is 15.5 Å². The number of benzene rings is 1. The second kappa shape index (κ2) is 10.9. The molecule has 0 aliphatic carbocycles. The normalized spacial score (nSPS) is 9.59. The minimum absolute atomic E-state index is 0. The molecule has 2 amide bonds. The highest BCUT2D eigenvalue weighted by Gasteiger charge is 2.06. The maximum atomic E-state index is 11.5. The number of hydrogen-bond donors (Lipinski definition) is 2. The highest BCUT2D eigenvalue weighted by atomic mass is 35.5. The van der Waals surface area contributed by atoms with Crippen LogP contribution in [-0.4, -0.2) is 51.0 Å². The molecule has 1 aromatic rings. The Bertz CT molecular complexity index is 481. The molecule has 22 heavy (non-hydrogen) atoms. The van der Waals surface area contributed by atoms with Gasteiger partial charge in [0.25, 0.3) is 5.91 Å². The van der Waals surface area contributed by atoms with Crippen LogP contribution in [0.3, 0.4) is 0 Å². The Morgan fingerprint density at radius 1 is 1.27 bits per heavy atom. The Hall–Kier alpha value is -1.79. The zero-order valence-electron chi connectivity index (χ0n) is 13.2. The number of carbonyl (C=O) groups excluding carboxylic acids is 2. The number of halogens is 1. The van der Waals surface area contributed by atoms with Crippen LogP contribution in [0.5, 0.6) is 5.75 Å². The summed E-state index contributed by atoms with van der Waals surface area (Å²) >= 11 is 0. The highest BCUT2D eigenvalue weighted by molar-refractivity contribution is 5.85. The van der Waals surface area contributed by atoms with Crippen molar-refractivity contribution in [3.05, 3.63) is 29.8 Å². The molecule has 1 rings (SSSR count). The van der Waals surface area contributed by atoms with Crippen LogP contribution in [0.1, 0.15) is 12.0 Å². The second-order valence-corrected chi connectivity index (χ2v) is 4.85. The fourth-order valence-electron chi connectivity index (χ4n) is 1.55. The number of nitrogens with zero attached hydrogens (tertiary/aromatic N) is 1. The third-order valence-electron chi connectivity index (χ3n) is 2.85. The fraction of sp³-hybridized carbons (Fsp3) is 0.467. The van der Waals surface area contributed by atoms with Gasteiger partial charge < -0.3 is 20.3 Å². The Balaban J connectivity index is 0.00000441. The van der Waals surface area contributed by atoms with Crippen molar-refractivity contribution >= 4 is 24.2 Å². The molecule has 0 heterocycles. The molecule has 0 aromatic heterocycles. The largest absolute Gasteiger partial charge is 0.484 e. The SMILES string of the molecule is CNCCC(=O)NCc1cccc(OCC(=O)N(C)C)c1.Cl. The summed E-state index contributed by atoms with van der Waals surface area (Å²) in [7, 11) is 5.18. The molecule has 0 atom stereocenters. The molecule has 0 bridgehead atoms. The van der Waals surface area contributed by atoms with Gasteiger partial charge in [0.2, 0.25) is 5.91 Å². The van der Waals surface area contributed by atoms with E-state index in [2.05, 4.69) is 10.6 Å². The monoisotopic (exact) mass is 329 g/mol. The Labute approximate surface area is 137 Å². The van der Waals surface area contributed by atoms with Crippen LogP contribution < -0.4 is 15.4 Å². The molecule has 6 nitrogen and oxygen atoms in total. The van der Waals surface area contributed by atoms with E-state index in [1.165, 1.54) is 4.90 Å². The van der Waals surface area contributed by atoms with Gasteiger partial charge in [0.15, 0.2) is 6.61 Å². The van der Waals surface area contributed by atoms with E-state index in [4.69, 9.17) is 4.74 Å². The van der Waals surface area contributed by atoms with E-state index in [0.29, 0.717) is 25.3 Å². The molecule has 0 radical (unpaired) electrons. The van der Waals surface area contributed by atoms with Gasteiger partial charge in [-0.2, -0.15) is 0 Å². The van der Waals surface area contributed by atoms with Crippen LogP contribution in [-0.2, 0) is 16.1 Å². The molecular formula is C15H24ClN3O3. The molecule has 1 aromatic carbocycles. The lowest BCUT2D eigenvalue weighted by Gasteiger charge is -2.12. The van der Waals surface area contributed by atoms with E-state index in [0.717, 1.165) is 5.56 Å². The Morgan fingerprint density at radius 3 is 2.64 bits per heavy atom. The summed E-state index contributed by atoms with van der Waals surface area (Å²) in [6.45, 7) is 1.11. The van der Waals surface area contributed by atoms with E-state index in [-0.39, 0.29) is 30.8 Å². The van der Waals surface area contributed by atoms with Crippen LogP contribution in [0, 0.1) is 0 Å². The van der Waals surface area contributed by atoms with Gasteiger partial charge in [0.1, 0.15) is 5.75 Å². The number of likely N-dealkylation sites (N-methyl/N-ethyl adjacent to an activating group) is 1. The first-order valence-electron chi connectivity index (χ1n) is 6.86. The van der Waals surface area contributed by atoms with Crippen LogP contribution in [0.2, 0.25) is 0 Å². The van der Waals surface area contributed by atoms with Gasteiger partial charge in [-0.1, -0.05) is 12.1 Å². The summed E-state index contributed by atoms with van der Waals surface area (Å²) in [6, 6.07) is 7.35. The van der Waals surface area contributed by atoms with Gasteiger partial charge in [-0.15, -0.1) is 12.4 Å². The molecule has 2 N–H and O–H groups in total. The fourth-order valence-corrected chi connectivity index (χ4v) is 1.55. The molecule has 124 valence electrons. The lowest BCUT2D eigenvalue weighted by atomic mass is 10.2. The average Bonchev–Trinajstić information content (AvgIpc) is 2.48. The number of nitrogens with one attached hydrogen (secondary N) is 2. The predicted molar refractivity (Wildman–Crippen MR) is 88.3 cm³/mol. The maximum Gasteiger partial charge on any atom is 0.259 e.